The summed E-state index contributed by atoms with van der Waals surface area (Å²) in [5, 5.41) is 5.48. The Bertz CT molecular complexity index is 1430. The molecule has 6 rings (SSSR count). The molecule has 1 aliphatic rings. The Morgan fingerprint density at radius 2 is 0.974 bits per heavy atom. The summed E-state index contributed by atoms with van der Waals surface area (Å²) >= 11 is 0. The molecule has 0 unspecified atom stereocenters. The Morgan fingerprint density at radius 3 is 1.33 bits per heavy atom. The SMILES string of the molecule is CC(C)(C)c1ccc2c(c1)[cH-]c1cc(C(C)(C)C)ccc12.CCC1c2ccccc2-c2ccccc21.[Cl-].[Cl-].[Zr+3]. The molecule has 5 aromatic carbocycles. The van der Waals surface area contributed by atoms with Gasteiger partial charge in [-0.05, 0) is 39.5 Å². The van der Waals surface area contributed by atoms with Gasteiger partial charge in [-0.15, -0.1) is 39.7 Å². The monoisotopic (exact) mass is 631 g/mol. The van der Waals surface area contributed by atoms with Crippen molar-refractivity contribution in [2.45, 2.75) is 71.6 Å². The van der Waals surface area contributed by atoms with E-state index in [9.17, 15) is 0 Å². The van der Waals surface area contributed by atoms with Gasteiger partial charge in [0.05, 0.1) is 0 Å². The quantitative estimate of drug-likeness (QED) is 0.238. The molecule has 201 valence electrons. The summed E-state index contributed by atoms with van der Waals surface area (Å²) in [6.07, 6.45) is 1.19. The topological polar surface area (TPSA) is 0 Å². The molecule has 0 saturated heterocycles. The molecule has 1 aliphatic carbocycles. The second-order valence-electron chi connectivity index (χ2n) is 12.4. The number of benzene rings is 4. The molecule has 5 aromatic rings. The Balaban J connectivity index is 0.000000265. The van der Waals surface area contributed by atoms with Gasteiger partial charge in [0.15, 0.2) is 0 Å². The van der Waals surface area contributed by atoms with Crippen molar-refractivity contribution in [2.75, 3.05) is 0 Å². The van der Waals surface area contributed by atoms with Crippen LogP contribution in [0.5, 0.6) is 0 Å². The minimum atomic E-state index is 0. The maximum Gasteiger partial charge on any atom is 3.00 e. The zero-order valence-electron chi connectivity index (χ0n) is 24.2. The summed E-state index contributed by atoms with van der Waals surface area (Å²) in [6, 6.07) is 33.7. The molecule has 0 heterocycles. The normalized spacial score (nSPS) is 12.4. The van der Waals surface area contributed by atoms with Crippen molar-refractivity contribution in [1.29, 1.82) is 0 Å². The van der Waals surface area contributed by atoms with Crippen molar-refractivity contribution in [1.82, 2.24) is 0 Å². The van der Waals surface area contributed by atoms with E-state index in [0.717, 1.165) is 0 Å². The molecule has 0 aliphatic heterocycles. The first-order chi connectivity index (χ1) is 17.1. The number of hydrogen-bond acceptors (Lipinski definition) is 0. The summed E-state index contributed by atoms with van der Waals surface area (Å²) in [5.41, 5.74) is 9.08. The van der Waals surface area contributed by atoms with Gasteiger partial charge in [0.1, 0.15) is 0 Å². The smallest absolute Gasteiger partial charge is 1.00 e. The Hall–Kier alpha value is -1.79. The fraction of sp³-hybridized carbons (Fsp3) is 0.306. The zero-order valence-corrected chi connectivity index (χ0v) is 28.2. The largest absolute Gasteiger partial charge is 3.00 e. The first kappa shape index (κ1) is 33.4. The van der Waals surface area contributed by atoms with E-state index < -0.39 is 0 Å². The molecule has 0 amide bonds. The average molecular weight is 634 g/mol. The maximum absolute atomic E-state index is 2.35. The summed E-state index contributed by atoms with van der Waals surface area (Å²) in [7, 11) is 0. The molecular formula is C36H39Cl2Zr. The Kier molecular flexibility index (Phi) is 11.0. The third-order valence-corrected chi connectivity index (χ3v) is 7.81. The zero-order chi connectivity index (χ0) is 25.7. The van der Waals surface area contributed by atoms with Crippen LogP contribution in [0.4, 0.5) is 0 Å². The summed E-state index contributed by atoms with van der Waals surface area (Å²) < 4.78 is 0. The van der Waals surface area contributed by atoms with E-state index in [2.05, 4.69) is 139 Å². The Labute approximate surface area is 266 Å². The average Bonchev–Trinajstić information content (AvgIpc) is 3.37. The first-order valence-corrected chi connectivity index (χ1v) is 13.4. The van der Waals surface area contributed by atoms with Crippen molar-refractivity contribution in [3.63, 3.8) is 0 Å². The molecule has 1 radical (unpaired) electrons. The fourth-order valence-corrected chi connectivity index (χ4v) is 5.66. The molecule has 0 fully saturated rings. The molecular weight excluding hydrogens is 595 g/mol. The predicted octanol–water partition coefficient (Wildman–Crippen LogP) is 4.52. The van der Waals surface area contributed by atoms with Crippen LogP contribution in [0.3, 0.4) is 0 Å². The van der Waals surface area contributed by atoms with Crippen molar-refractivity contribution >= 4 is 21.5 Å². The van der Waals surface area contributed by atoms with Crippen LogP contribution in [0.15, 0.2) is 91.0 Å². The van der Waals surface area contributed by atoms with Gasteiger partial charge in [-0.1, -0.05) is 132 Å². The predicted molar refractivity (Wildman–Crippen MR) is 158 cm³/mol. The third-order valence-electron chi connectivity index (χ3n) is 7.81. The second kappa shape index (κ2) is 12.8. The minimum Gasteiger partial charge on any atom is -1.00 e. The van der Waals surface area contributed by atoms with Crippen LogP contribution >= 0.6 is 0 Å². The van der Waals surface area contributed by atoms with Crippen molar-refractivity contribution in [3.05, 3.63) is 113 Å². The standard InChI is InChI=1S/C21H25.C15H14.2ClH.Zr/c1-20(2,3)16-7-9-18-14(12-16)11-15-13-17(21(4,5)6)8-10-19(15)18;1-2-11-12-7-3-5-9-14(12)15-10-6-4-8-13(11)15;;;/h7-13H,1-6H3;3-11H,2H2,1H3;2*1H;/q-1;;;;+3/p-2. The van der Waals surface area contributed by atoms with Crippen LogP contribution < -0.4 is 24.8 Å². The molecule has 0 spiro atoms. The van der Waals surface area contributed by atoms with Gasteiger partial charge >= 0.3 is 26.2 Å². The minimum absolute atomic E-state index is 0. The van der Waals surface area contributed by atoms with Crippen LogP contribution in [0, 0.1) is 0 Å². The first-order valence-electron chi connectivity index (χ1n) is 13.4. The molecule has 0 saturated carbocycles. The van der Waals surface area contributed by atoms with Crippen LogP contribution in [0.2, 0.25) is 0 Å². The maximum atomic E-state index is 2.35. The van der Waals surface area contributed by atoms with Gasteiger partial charge in [-0.25, -0.2) is 0 Å². The van der Waals surface area contributed by atoms with E-state index in [4.69, 9.17) is 0 Å². The van der Waals surface area contributed by atoms with Crippen LogP contribution in [-0.4, -0.2) is 0 Å². The number of rotatable bonds is 1. The molecule has 0 nitrogen and oxygen atoms in total. The third kappa shape index (κ3) is 6.59. The molecule has 0 bridgehead atoms. The van der Waals surface area contributed by atoms with Gasteiger partial charge in [0.25, 0.3) is 0 Å². The molecule has 0 N–H and O–H groups in total. The molecule has 3 heteroatoms. The number of fused-ring (bicyclic) bond motifs is 6. The van der Waals surface area contributed by atoms with Crippen molar-refractivity contribution in [3.8, 4) is 11.1 Å². The van der Waals surface area contributed by atoms with E-state index in [1.807, 2.05) is 0 Å². The fourth-order valence-electron chi connectivity index (χ4n) is 5.66. The van der Waals surface area contributed by atoms with Gasteiger partial charge in [0.2, 0.25) is 0 Å². The summed E-state index contributed by atoms with van der Waals surface area (Å²) in [4.78, 5) is 0. The molecule has 0 atom stereocenters. The van der Waals surface area contributed by atoms with Crippen LogP contribution in [0.25, 0.3) is 32.7 Å². The van der Waals surface area contributed by atoms with Crippen molar-refractivity contribution < 1.29 is 51.0 Å². The van der Waals surface area contributed by atoms with Gasteiger partial charge in [-0.3, -0.25) is 0 Å². The molecule has 39 heavy (non-hydrogen) atoms. The van der Waals surface area contributed by atoms with Gasteiger partial charge in [0, 0.05) is 5.92 Å². The van der Waals surface area contributed by atoms with Gasteiger partial charge < -0.3 is 24.8 Å². The van der Waals surface area contributed by atoms with E-state index >= 15 is 0 Å². The van der Waals surface area contributed by atoms with E-state index in [1.54, 1.807) is 0 Å². The number of hydrogen-bond donors (Lipinski definition) is 0. The van der Waals surface area contributed by atoms with Crippen molar-refractivity contribution in [2.24, 2.45) is 0 Å². The van der Waals surface area contributed by atoms with E-state index in [-0.39, 0.29) is 61.8 Å². The summed E-state index contributed by atoms with van der Waals surface area (Å²) in [6.45, 7) is 15.9. The molecule has 0 aromatic heterocycles. The van der Waals surface area contributed by atoms with E-state index in [0.29, 0.717) is 5.92 Å². The van der Waals surface area contributed by atoms with Crippen LogP contribution in [0.1, 0.15) is 83.1 Å². The Morgan fingerprint density at radius 1 is 0.590 bits per heavy atom. The summed E-state index contributed by atoms with van der Waals surface area (Å²) in [5.74, 6) is 0.609. The van der Waals surface area contributed by atoms with Gasteiger partial charge in [-0.2, -0.15) is 0 Å². The second-order valence-corrected chi connectivity index (χ2v) is 12.4. The van der Waals surface area contributed by atoms with Crippen LogP contribution in [-0.2, 0) is 37.0 Å². The van der Waals surface area contributed by atoms with E-state index in [1.165, 1.54) is 61.3 Å². The number of halogens is 2.